The van der Waals surface area contributed by atoms with E-state index in [4.69, 9.17) is 13.9 Å². The third-order valence-electron chi connectivity index (χ3n) is 4.49. The third kappa shape index (κ3) is 4.35. The van der Waals surface area contributed by atoms with Gasteiger partial charge in [0.2, 0.25) is 17.7 Å². The van der Waals surface area contributed by atoms with Crippen molar-refractivity contribution in [3.63, 3.8) is 0 Å². The quantitative estimate of drug-likeness (QED) is 0.444. The molecule has 2 heterocycles. The van der Waals surface area contributed by atoms with Gasteiger partial charge in [-0.3, -0.25) is 0 Å². The zero-order valence-corrected chi connectivity index (χ0v) is 16.3. The number of benzene rings is 2. The number of oxazole rings is 1. The third-order valence-corrected chi connectivity index (χ3v) is 4.49. The molecule has 0 atom stereocenters. The van der Waals surface area contributed by atoms with E-state index in [0.717, 1.165) is 22.5 Å². The SMILES string of the molecule is C/C=C\Cc1cnc(-c2cccc(-c3nnc(Cc4ccc(C(=O)O)cc4)o3)c2)o1. The number of rotatable bonds is 7. The molecule has 0 radical (unpaired) electrons. The van der Waals surface area contributed by atoms with E-state index in [1.54, 1.807) is 30.5 Å². The fraction of sp³-hybridized carbons (Fsp3) is 0.130. The van der Waals surface area contributed by atoms with E-state index in [1.807, 2.05) is 43.3 Å². The molecule has 0 amide bonds. The predicted molar refractivity (Wildman–Crippen MR) is 110 cm³/mol. The van der Waals surface area contributed by atoms with E-state index < -0.39 is 5.97 Å². The van der Waals surface area contributed by atoms with E-state index in [1.165, 1.54) is 0 Å². The lowest BCUT2D eigenvalue weighted by Crippen LogP contribution is -1.96. The molecule has 4 rings (SSSR count). The molecule has 0 fully saturated rings. The highest BCUT2D eigenvalue weighted by Crippen LogP contribution is 2.26. The van der Waals surface area contributed by atoms with Gasteiger partial charge < -0.3 is 13.9 Å². The van der Waals surface area contributed by atoms with Crippen molar-refractivity contribution in [2.75, 3.05) is 0 Å². The molecule has 7 heteroatoms. The summed E-state index contributed by atoms with van der Waals surface area (Å²) in [5.74, 6) is 1.22. The van der Waals surface area contributed by atoms with Crippen LogP contribution in [0, 0.1) is 0 Å². The summed E-state index contributed by atoms with van der Waals surface area (Å²) in [7, 11) is 0. The fourth-order valence-electron chi connectivity index (χ4n) is 2.94. The second-order valence-corrected chi connectivity index (χ2v) is 6.67. The Bertz CT molecular complexity index is 1190. The first-order chi connectivity index (χ1) is 14.6. The van der Waals surface area contributed by atoms with Crippen molar-refractivity contribution in [3.05, 3.63) is 89.7 Å². The first kappa shape index (κ1) is 19.3. The van der Waals surface area contributed by atoms with Gasteiger partial charge in [-0.1, -0.05) is 30.4 Å². The largest absolute Gasteiger partial charge is 0.478 e. The number of hydrogen-bond acceptors (Lipinski definition) is 6. The van der Waals surface area contributed by atoms with Gasteiger partial charge in [0, 0.05) is 17.5 Å². The zero-order valence-electron chi connectivity index (χ0n) is 16.3. The van der Waals surface area contributed by atoms with Crippen LogP contribution in [0.1, 0.15) is 34.5 Å². The average Bonchev–Trinajstić information content (AvgIpc) is 3.43. The average molecular weight is 401 g/mol. The van der Waals surface area contributed by atoms with Crippen molar-refractivity contribution >= 4 is 5.97 Å². The molecule has 1 N–H and O–H groups in total. The van der Waals surface area contributed by atoms with Crippen LogP contribution in [0.5, 0.6) is 0 Å². The first-order valence-corrected chi connectivity index (χ1v) is 9.43. The molecule has 0 unspecified atom stereocenters. The molecule has 30 heavy (non-hydrogen) atoms. The van der Waals surface area contributed by atoms with Crippen LogP contribution in [0.25, 0.3) is 22.9 Å². The Kier molecular flexibility index (Phi) is 5.52. The van der Waals surface area contributed by atoms with Crippen LogP contribution in [-0.4, -0.2) is 26.3 Å². The van der Waals surface area contributed by atoms with E-state index >= 15 is 0 Å². The van der Waals surface area contributed by atoms with Crippen LogP contribution in [0.2, 0.25) is 0 Å². The minimum atomic E-state index is -0.957. The molecule has 2 aromatic heterocycles. The van der Waals surface area contributed by atoms with E-state index in [0.29, 0.717) is 30.5 Å². The highest BCUT2D eigenvalue weighted by molar-refractivity contribution is 5.87. The van der Waals surface area contributed by atoms with Crippen molar-refractivity contribution in [2.45, 2.75) is 19.8 Å². The molecule has 7 nitrogen and oxygen atoms in total. The summed E-state index contributed by atoms with van der Waals surface area (Å²) in [6, 6.07) is 14.2. The van der Waals surface area contributed by atoms with Crippen molar-refractivity contribution in [2.24, 2.45) is 0 Å². The normalized spacial score (nSPS) is 11.2. The number of aromatic nitrogens is 3. The maximum Gasteiger partial charge on any atom is 0.335 e. The molecule has 0 saturated heterocycles. The smallest absolute Gasteiger partial charge is 0.335 e. The van der Waals surface area contributed by atoms with Gasteiger partial charge in [-0.2, -0.15) is 0 Å². The van der Waals surface area contributed by atoms with Crippen molar-refractivity contribution < 1.29 is 18.7 Å². The minimum Gasteiger partial charge on any atom is -0.478 e. The molecule has 0 saturated carbocycles. The second-order valence-electron chi connectivity index (χ2n) is 6.67. The Morgan fingerprint density at radius 1 is 1.03 bits per heavy atom. The summed E-state index contributed by atoms with van der Waals surface area (Å²) in [6.45, 7) is 1.96. The molecular formula is C23H19N3O4. The molecule has 0 aliphatic rings. The van der Waals surface area contributed by atoms with Crippen LogP contribution >= 0.6 is 0 Å². The van der Waals surface area contributed by atoms with Crippen molar-refractivity contribution in [3.8, 4) is 22.9 Å². The van der Waals surface area contributed by atoms with Gasteiger partial charge >= 0.3 is 5.97 Å². The molecule has 0 bridgehead atoms. The van der Waals surface area contributed by atoms with Gasteiger partial charge in [0.15, 0.2) is 0 Å². The number of allylic oxidation sites excluding steroid dienone is 2. The van der Waals surface area contributed by atoms with Crippen molar-refractivity contribution in [1.82, 2.24) is 15.2 Å². The first-order valence-electron chi connectivity index (χ1n) is 9.43. The van der Waals surface area contributed by atoms with Gasteiger partial charge in [-0.25, -0.2) is 9.78 Å². The highest BCUT2D eigenvalue weighted by Gasteiger charge is 2.13. The van der Waals surface area contributed by atoms with Gasteiger partial charge in [0.1, 0.15) is 5.76 Å². The summed E-state index contributed by atoms with van der Waals surface area (Å²) in [6.07, 6.45) is 6.82. The molecule has 2 aromatic carbocycles. The van der Waals surface area contributed by atoms with Crippen LogP contribution in [0.3, 0.4) is 0 Å². The Hall–Kier alpha value is -4.00. The lowest BCUT2D eigenvalue weighted by atomic mass is 10.1. The Morgan fingerprint density at radius 3 is 2.53 bits per heavy atom. The number of nitrogens with zero attached hydrogens (tertiary/aromatic N) is 3. The monoisotopic (exact) mass is 401 g/mol. The molecular weight excluding hydrogens is 382 g/mol. The summed E-state index contributed by atoms with van der Waals surface area (Å²) in [5, 5.41) is 17.2. The Labute approximate surface area is 172 Å². The van der Waals surface area contributed by atoms with Crippen LogP contribution < -0.4 is 0 Å². The summed E-state index contributed by atoms with van der Waals surface area (Å²) in [4.78, 5) is 15.3. The zero-order chi connectivity index (χ0) is 20.9. The fourth-order valence-corrected chi connectivity index (χ4v) is 2.94. The lowest BCUT2D eigenvalue weighted by molar-refractivity contribution is 0.0697. The molecule has 150 valence electrons. The molecule has 0 aliphatic carbocycles. The summed E-state index contributed by atoms with van der Waals surface area (Å²) >= 11 is 0. The van der Waals surface area contributed by atoms with Crippen LogP contribution in [0.15, 0.2) is 75.7 Å². The van der Waals surface area contributed by atoms with Gasteiger partial charge in [0.05, 0.1) is 18.2 Å². The van der Waals surface area contributed by atoms with E-state index in [-0.39, 0.29) is 5.56 Å². The maximum atomic E-state index is 11.0. The number of carboxylic acid groups (broad SMARTS) is 1. The van der Waals surface area contributed by atoms with Gasteiger partial charge in [-0.05, 0) is 42.8 Å². The highest BCUT2D eigenvalue weighted by atomic mass is 16.4. The van der Waals surface area contributed by atoms with E-state index in [2.05, 4.69) is 15.2 Å². The molecule has 4 aromatic rings. The number of carbonyl (C=O) groups is 1. The summed E-state index contributed by atoms with van der Waals surface area (Å²) < 4.78 is 11.6. The Balaban J connectivity index is 1.51. The Morgan fingerprint density at radius 2 is 1.80 bits per heavy atom. The van der Waals surface area contributed by atoms with E-state index in [9.17, 15) is 4.79 Å². The standard InChI is InChI=1S/C23H19N3O4/c1-2-3-7-19-14-24-21(29-19)17-5-4-6-18(13-17)22-26-25-20(30-22)12-15-8-10-16(11-9-15)23(27)28/h2-6,8-11,13-14H,7,12H2,1H3,(H,27,28)/b3-2-. The number of hydrogen-bond donors (Lipinski definition) is 1. The minimum absolute atomic E-state index is 0.238. The lowest BCUT2D eigenvalue weighted by Gasteiger charge is -2.00. The van der Waals surface area contributed by atoms with Crippen molar-refractivity contribution in [1.29, 1.82) is 0 Å². The molecule has 0 aliphatic heterocycles. The van der Waals surface area contributed by atoms with Crippen LogP contribution in [-0.2, 0) is 12.8 Å². The number of aromatic carboxylic acids is 1. The topological polar surface area (TPSA) is 102 Å². The second kappa shape index (κ2) is 8.57. The summed E-state index contributed by atoms with van der Waals surface area (Å²) in [5.41, 5.74) is 2.71. The predicted octanol–water partition coefficient (Wildman–Crippen LogP) is 4.80. The van der Waals surface area contributed by atoms with Crippen LogP contribution in [0.4, 0.5) is 0 Å². The number of carboxylic acids is 1. The van der Waals surface area contributed by atoms with Gasteiger partial charge in [0.25, 0.3) is 0 Å². The maximum absolute atomic E-state index is 11.0. The molecule has 0 spiro atoms. The van der Waals surface area contributed by atoms with Gasteiger partial charge in [-0.15, -0.1) is 10.2 Å².